The molecule has 0 spiro atoms. The van der Waals surface area contributed by atoms with Crippen molar-refractivity contribution >= 4 is 35.3 Å². The molecule has 3 atom stereocenters. The van der Waals surface area contributed by atoms with E-state index < -0.39 is 11.8 Å². The van der Waals surface area contributed by atoms with Gasteiger partial charge in [-0.25, -0.2) is 23.3 Å². The first-order chi connectivity index (χ1) is 27.7. The molecule has 3 unspecified atom stereocenters. The third-order valence-electron chi connectivity index (χ3n) is 12.4. The third kappa shape index (κ3) is 7.16. The molecular weight excluding hydrogens is 729 g/mol. The Bertz CT molecular complexity index is 2340. The van der Waals surface area contributed by atoms with Crippen molar-refractivity contribution in [2.45, 2.75) is 75.8 Å². The Hall–Kier alpha value is -5.60. The summed E-state index contributed by atoms with van der Waals surface area (Å²) in [6, 6.07) is 19.7. The average molecular weight is 774 g/mol. The second-order valence-electron chi connectivity index (χ2n) is 15.8. The van der Waals surface area contributed by atoms with Gasteiger partial charge in [0.15, 0.2) is 11.9 Å². The number of piperidine rings is 2. The first-order valence-electron chi connectivity index (χ1n) is 19.9. The Kier molecular flexibility index (Phi) is 9.99. The Balaban J connectivity index is 0.838. The van der Waals surface area contributed by atoms with Crippen molar-refractivity contribution in [2.75, 3.05) is 43.0 Å². The van der Waals surface area contributed by atoms with E-state index in [0.29, 0.717) is 49.9 Å². The number of rotatable bonds is 10. The van der Waals surface area contributed by atoms with E-state index in [4.69, 9.17) is 10.1 Å². The molecule has 57 heavy (non-hydrogen) atoms. The monoisotopic (exact) mass is 773 g/mol. The molecule has 294 valence electrons. The summed E-state index contributed by atoms with van der Waals surface area (Å²) in [4.78, 5) is 54.2. The summed E-state index contributed by atoms with van der Waals surface area (Å²) in [5, 5.41) is 8.12. The van der Waals surface area contributed by atoms with Gasteiger partial charge >= 0.3 is 0 Å². The van der Waals surface area contributed by atoms with Crippen LogP contribution in [0.4, 0.5) is 20.4 Å². The maximum atomic E-state index is 15.5. The molecule has 2 aromatic carbocycles. The molecule has 0 bridgehead atoms. The number of carbonyl (C=O) groups is 3. The van der Waals surface area contributed by atoms with E-state index in [9.17, 15) is 18.8 Å². The maximum absolute atomic E-state index is 15.5. The lowest BCUT2D eigenvalue weighted by molar-refractivity contribution is -0.131. The number of anilines is 2. The highest BCUT2D eigenvalue weighted by atomic mass is 19.1. The van der Waals surface area contributed by atoms with Gasteiger partial charge < -0.3 is 20.0 Å². The van der Waals surface area contributed by atoms with Crippen LogP contribution in [0.25, 0.3) is 17.0 Å². The molecule has 3 fully saturated rings. The van der Waals surface area contributed by atoms with E-state index in [2.05, 4.69) is 25.0 Å². The highest BCUT2D eigenvalue weighted by Crippen LogP contribution is 2.36. The quantitative estimate of drug-likeness (QED) is 0.147. The van der Waals surface area contributed by atoms with Crippen molar-refractivity contribution in [1.29, 1.82) is 0 Å². The molecule has 12 nitrogen and oxygen atoms in total. The van der Waals surface area contributed by atoms with Crippen LogP contribution in [-0.4, -0.2) is 98.7 Å². The van der Waals surface area contributed by atoms with E-state index in [0.717, 1.165) is 85.1 Å². The van der Waals surface area contributed by atoms with Crippen LogP contribution < -0.4 is 15.1 Å². The lowest BCUT2D eigenvalue weighted by Crippen LogP contribution is -2.52. The van der Waals surface area contributed by atoms with Crippen LogP contribution in [0.1, 0.15) is 71.6 Å². The van der Waals surface area contributed by atoms with Crippen molar-refractivity contribution in [3.05, 3.63) is 107 Å². The van der Waals surface area contributed by atoms with E-state index in [1.807, 2.05) is 54.0 Å². The number of carbonyl (C=O) groups excluding carboxylic acids is 3. The fourth-order valence-electron chi connectivity index (χ4n) is 9.23. The van der Waals surface area contributed by atoms with Gasteiger partial charge in [-0.3, -0.25) is 19.3 Å². The maximum Gasteiger partial charge on any atom is 0.254 e. The number of halogens is 2. The molecule has 3 saturated heterocycles. The van der Waals surface area contributed by atoms with Gasteiger partial charge in [-0.2, -0.15) is 0 Å². The van der Waals surface area contributed by atoms with Gasteiger partial charge in [-0.1, -0.05) is 18.2 Å². The van der Waals surface area contributed by atoms with Gasteiger partial charge in [0.1, 0.15) is 29.0 Å². The van der Waals surface area contributed by atoms with Gasteiger partial charge in [0.2, 0.25) is 5.78 Å². The predicted molar refractivity (Wildman–Crippen MR) is 211 cm³/mol. The summed E-state index contributed by atoms with van der Waals surface area (Å²) in [6.07, 6.45) is 6.92. The minimum atomic E-state index is -0.508. The fourth-order valence-corrected chi connectivity index (χ4v) is 9.23. The van der Waals surface area contributed by atoms with Crippen molar-refractivity contribution in [1.82, 2.24) is 34.7 Å². The Labute approximate surface area is 329 Å². The van der Waals surface area contributed by atoms with Crippen molar-refractivity contribution in [2.24, 2.45) is 0 Å². The van der Waals surface area contributed by atoms with E-state index in [-0.39, 0.29) is 35.7 Å². The summed E-state index contributed by atoms with van der Waals surface area (Å²) in [6.45, 7) is 3.66. The van der Waals surface area contributed by atoms with Gasteiger partial charge in [0, 0.05) is 62.5 Å². The highest BCUT2D eigenvalue weighted by Gasteiger charge is 2.37. The Morgan fingerprint density at radius 1 is 0.947 bits per heavy atom. The van der Waals surface area contributed by atoms with E-state index >= 15 is 4.39 Å². The van der Waals surface area contributed by atoms with E-state index in [1.54, 1.807) is 23.2 Å². The number of amides is 1. The molecule has 1 amide bonds. The molecule has 7 heterocycles. The second kappa shape index (κ2) is 15.4. The minimum Gasteiger partial charge on any atom is -0.356 e. The lowest BCUT2D eigenvalue weighted by Gasteiger charge is -2.37. The van der Waals surface area contributed by atoms with Gasteiger partial charge in [0.25, 0.3) is 5.91 Å². The summed E-state index contributed by atoms with van der Waals surface area (Å²) < 4.78 is 31.5. The Morgan fingerprint density at radius 3 is 2.58 bits per heavy atom. The number of nitrogens with zero attached hydrogens (tertiary/aromatic N) is 8. The number of ketones is 1. The summed E-state index contributed by atoms with van der Waals surface area (Å²) in [5.41, 5.74) is 5.02. The average Bonchev–Trinajstić information content (AvgIpc) is 3.98. The van der Waals surface area contributed by atoms with E-state index in [1.165, 1.54) is 12.1 Å². The Morgan fingerprint density at radius 2 is 1.79 bits per heavy atom. The minimum absolute atomic E-state index is 0.0511. The third-order valence-corrected chi connectivity index (χ3v) is 12.4. The number of pyridine rings is 1. The zero-order chi connectivity index (χ0) is 39.2. The number of aldehydes is 1. The van der Waals surface area contributed by atoms with Crippen molar-refractivity contribution < 1.29 is 23.2 Å². The first kappa shape index (κ1) is 37.0. The van der Waals surface area contributed by atoms with Crippen LogP contribution in [0.2, 0.25) is 0 Å². The molecule has 4 aliphatic rings. The summed E-state index contributed by atoms with van der Waals surface area (Å²) in [5.74, 6) is 0.412. The molecule has 0 saturated carbocycles. The molecule has 0 aliphatic carbocycles. The van der Waals surface area contributed by atoms with Crippen LogP contribution in [0, 0.1) is 11.6 Å². The molecule has 9 rings (SSSR count). The second-order valence-corrected chi connectivity index (χ2v) is 15.8. The van der Waals surface area contributed by atoms with Gasteiger partial charge in [-0.05, 0) is 105 Å². The largest absolute Gasteiger partial charge is 0.356 e. The van der Waals surface area contributed by atoms with Crippen LogP contribution in [0.5, 0.6) is 0 Å². The molecule has 3 aromatic heterocycles. The zero-order valence-electron chi connectivity index (χ0n) is 31.9. The number of aromatic nitrogens is 4. The number of Topliss-reactive ketones (excluding diaryl/α,β-unsaturated/α-hetero) is 1. The molecule has 0 radical (unpaired) electrons. The number of hydrogen-bond donors (Lipinski definition) is 1. The van der Waals surface area contributed by atoms with Crippen LogP contribution >= 0.6 is 0 Å². The number of fused-ring (bicyclic) bond motifs is 2. The van der Waals surface area contributed by atoms with Crippen molar-refractivity contribution in [3.8, 4) is 11.4 Å². The van der Waals surface area contributed by atoms with Crippen LogP contribution in [0.3, 0.4) is 0 Å². The number of hydrogen-bond acceptors (Lipinski definition) is 10. The topological polar surface area (TPSA) is 119 Å². The predicted octanol–water partition coefficient (Wildman–Crippen LogP) is 5.36. The molecular formula is C43H45F2N9O3. The first-order valence-corrected chi connectivity index (χ1v) is 19.9. The molecule has 5 aromatic rings. The van der Waals surface area contributed by atoms with Crippen LogP contribution in [-0.2, 0) is 22.7 Å². The van der Waals surface area contributed by atoms with Gasteiger partial charge in [-0.15, -0.1) is 5.10 Å². The molecule has 4 aliphatic heterocycles. The summed E-state index contributed by atoms with van der Waals surface area (Å²) in [7, 11) is 2.03. The van der Waals surface area contributed by atoms with Crippen molar-refractivity contribution in [3.63, 3.8) is 0 Å². The molecule has 1 N–H and O–H groups in total. The number of nitrogens with one attached hydrogen (secondary N) is 1. The SMILES string of the molecule is CN(Cc1cc2c(cc1F)C(=O)N(C1CCC(C(=O)C=O)NC1)C2)C1CCN(c2cccc(-c3cnc4ccc(N5CCCC5c5cccc(F)c5)nn34)n2)CC1. The zero-order valence-corrected chi connectivity index (χ0v) is 31.9. The normalized spacial score (nSPS) is 21.5. The number of benzene rings is 2. The highest BCUT2D eigenvalue weighted by molar-refractivity contribution is 6.27. The van der Waals surface area contributed by atoms with Gasteiger partial charge in [0.05, 0.1) is 24.0 Å². The smallest absolute Gasteiger partial charge is 0.254 e. The fraction of sp³-hybridized carbons (Fsp3) is 0.395. The number of imidazole rings is 1. The summed E-state index contributed by atoms with van der Waals surface area (Å²) >= 11 is 0. The standard InChI is InChI=1S/C43H45F2N9O3/c1-50(24-29-19-28-25-53(43(57)33(28)21-34(29)45)32-10-11-36(46-22-32)39(56)26-55)31-14-17-51(18-15-31)41-9-3-7-35(48-41)38-23-47-40-12-13-42(49-54(38)40)52-16-4-8-37(52)27-5-2-6-30(44)20-27/h2-3,5-7,9,12-13,19-21,23,26,31-32,36-37,46H,4,8,10-11,14-18,22,24-25H2,1H3. The lowest BCUT2D eigenvalue weighted by atomic mass is 9.97. The molecule has 14 heteroatoms. The van der Waals surface area contributed by atoms with Crippen LogP contribution in [0.15, 0.2) is 72.9 Å².